The van der Waals surface area contributed by atoms with Gasteiger partial charge in [0.25, 0.3) is 5.91 Å². The Balaban J connectivity index is 1.75. The summed E-state index contributed by atoms with van der Waals surface area (Å²) in [4.78, 5) is 28.0. The van der Waals surface area contributed by atoms with E-state index in [1.54, 1.807) is 24.7 Å². The number of hydrogen-bond donors (Lipinski definition) is 1. The van der Waals surface area contributed by atoms with Crippen LogP contribution in [0.15, 0.2) is 42.9 Å². The quantitative estimate of drug-likeness (QED) is 0.663. The van der Waals surface area contributed by atoms with Gasteiger partial charge in [0.1, 0.15) is 12.1 Å². The Morgan fingerprint density at radius 1 is 1.07 bits per heavy atom. The van der Waals surface area contributed by atoms with Crippen LogP contribution in [0.5, 0.6) is 0 Å². The van der Waals surface area contributed by atoms with Gasteiger partial charge >= 0.3 is 0 Å². The lowest BCUT2D eigenvalue weighted by Crippen LogP contribution is -2.35. The van der Waals surface area contributed by atoms with E-state index in [-0.39, 0.29) is 5.91 Å². The van der Waals surface area contributed by atoms with Gasteiger partial charge in [-0.15, -0.1) is 0 Å². The van der Waals surface area contributed by atoms with Gasteiger partial charge in [-0.2, -0.15) is 0 Å². The predicted molar refractivity (Wildman–Crippen MR) is 119 cm³/mol. The number of pyridine rings is 1. The standard InChI is InChI=1S/C23H24ClN5O/c1-2-19-21(16-7-9-20(25)26-13-16)22(28-14-27-19)15-6-8-17(18(24)12-15)23(30)29-10-4-3-5-11-29/h6-9,12-14H,2-5,10-11H2,1H3,(H2,25,26). The van der Waals surface area contributed by atoms with Gasteiger partial charge in [-0.25, -0.2) is 15.0 Å². The van der Waals surface area contributed by atoms with Gasteiger partial charge in [0, 0.05) is 36.0 Å². The highest BCUT2D eigenvalue weighted by Gasteiger charge is 2.22. The van der Waals surface area contributed by atoms with Crippen molar-refractivity contribution in [1.82, 2.24) is 19.9 Å². The zero-order chi connectivity index (χ0) is 21.1. The number of rotatable bonds is 4. The molecular formula is C23H24ClN5O. The van der Waals surface area contributed by atoms with Crippen LogP contribution in [0, 0.1) is 0 Å². The number of carbonyl (C=O) groups is 1. The number of piperidine rings is 1. The fourth-order valence-electron chi connectivity index (χ4n) is 3.87. The predicted octanol–water partition coefficient (Wildman–Crippen LogP) is 4.63. The molecular weight excluding hydrogens is 398 g/mol. The van der Waals surface area contributed by atoms with Crippen LogP contribution < -0.4 is 5.73 Å². The van der Waals surface area contributed by atoms with Gasteiger partial charge in [-0.3, -0.25) is 4.79 Å². The number of nitrogens with zero attached hydrogens (tertiary/aromatic N) is 4. The van der Waals surface area contributed by atoms with Gasteiger partial charge in [-0.1, -0.05) is 24.6 Å². The maximum absolute atomic E-state index is 12.9. The molecule has 1 aromatic carbocycles. The zero-order valence-corrected chi connectivity index (χ0v) is 17.7. The van der Waals surface area contributed by atoms with Gasteiger partial charge < -0.3 is 10.6 Å². The molecule has 6 nitrogen and oxygen atoms in total. The van der Waals surface area contributed by atoms with Gasteiger partial charge in [-0.05, 0) is 49.9 Å². The first-order valence-corrected chi connectivity index (χ1v) is 10.6. The van der Waals surface area contributed by atoms with Crippen molar-refractivity contribution in [3.05, 3.63) is 59.1 Å². The molecule has 3 heterocycles. The number of amides is 1. The third kappa shape index (κ3) is 4.00. The summed E-state index contributed by atoms with van der Waals surface area (Å²) in [5.74, 6) is 0.449. The molecule has 0 aliphatic carbocycles. The maximum Gasteiger partial charge on any atom is 0.255 e. The molecule has 30 heavy (non-hydrogen) atoms. The molecule has 0 atom stereocenters. The smallest absolute Gasteiger partial charge is 0.255 e. The first-order valence-electron chi connectivity index (χ1n) is 10.2. The van der Waals surface area contributed by atoms with E-state index in [2.05, 4.69) is 15.0 Å². The lowest BCUT2D eigenvalue weighted by Gasteiger charge is -2.27. The Morgan fingerprint density at radius 3 is 2.50 bits per heavy atom. The fraction of sp³-hybridized carbons (Fsp3) is 0.304. The SMILES string of the molecule is CCc1ncnc(-c2ccc(C(=O)N3CCCCC3)c(Cl)c2)c1-c1ccc(N)nc1. The molecule has 0 bridgehead atoms. The molecule has 2 N–H and O–H groups in total. The van der Waals surface area contributed by atoms with Crippen LogP contribution in [0.1, 0.15) is 42.2 Å². The molecule has 154 valence electrons. The molecule has 1 fully saturated rings. The number of nitrogens with two attached hydrogens (primary N) is 1. The third-order valence-corrected chi connectivity index (χ3v) is 5.76. The van der Waals surface area contributed by atoms with Crippen molar-refractivity contribution in [2.24, 2.45) is 0 Å². The first kappa shape index (κ1) is 20.3. The highest BCUT2D eigenvalue weighted by Crippen LogP contribution is 2.34. The Morgan fingerprint density at radius 2 is 1.83 bits per heavy atom. The Bertz CT molecular complexity index is 1060. The number of benzene rings is 1. The van der Waals surface area contributed by atoms with Crippen LogP contribution in [0.25, 0.3) is 22.4 Å². The number of likely N-dealkylation sites (tertiary alicyclic amines) is 1. The zero-order valence-electron chi connectivity index (χ0n) is 16.9. The third-order valence-electron chi connectivity index (χ3n) is 5.45. The summed E-state index contributed by atoms with van der Waals surface area (Å²) in [5.41, 5.74) is 10.6. The second-order valence-corrected chi connectivity index (χ2v) is 7.82. The summed E-state index contributed by atoms with van der Waals surface area (Å²) in [6.07, 6.45) is 7.29. The van der Waals surface area contributed by atoms with Gasteiger partial charge in [0.15, 0.2) is 0 Å². The largest absolute Gasteiger partial charge is 0.384 e. The van der Waals surface area contributed by atoms with Crippen LogP contribution >= 0.6 is 11.6 Å². The number of hydrogen-bond acceptors (Lipinski definition) is 5. The summed E-state index contributed by atoms with van der Waals surface area (Å²) >= 11 is 6.57. The van der Waals surface area contributed by atoms with Crippen molar-refractivity contribution in [2.75, 3.05) is 18.8 Å². The maximum atomic E-state index is 12.9. The number of halogens is 1. The van der Waals surface area contributed by atoms with Crippen molar-refractivity contribution in [3.8, 4) is 22.4 Å². The minimum Gasteiger partial charge on any atom is -0.384 e. The number of nitrogen functional groups attached to an aromatic ring is 1. The summed E-state index contributed by atoms with van der Waals surface area (Å²) in [5, 5.41) is 0.432. The Kier molecular flexibility index (Phi) is 5.95. The Labute approximate surface area is 181 Å². The van der Waals surface area contributed by atoms with E-state index in [0.29, 0.717) is 16.4 Å². The van der Waals surface area contributed by atoms with E-state index in [0.717, 1.165) is 60.4 Å². The van der Waals surface area contributed by atoms with E-state index in [1.165, 1.54) is 6.42 Å². The molecule has 0 radical (unpaired) electrons. The normalized spacial score (nSPS) is 14.0. The summed E-state index contributed by atoms with van der Waals surface area (Å²) in [6, 6.07) is 9.19. The van der Waals surface area contributed by atoms with Crippen LogP contribution in [-0.2, 0) is 6.42 Å². The van der Waals surface area contributed by atoms with Crippen molar-refractivity contribution in [3.63, 3.8) is 0 Å². The molecule has 4 rings (SSSR count). The number of aryl methyl sites for hydroxylation is 1. The van der Waals surface area contributed by atoms with Crippen molar-refractivity contribution < 1.29 is 4.79 Å². The molecule has 3 aromatic rings. The van der Waals surface area contributed by atoms with E-state index >= 15 is 0 Å². The molecule has 1 aliphatic rings. The van der Waals surface area contributed by atoms with Crippen molar-refractivity contribution in [2.45, 2.75) is 32.6 Å². The fourth-order valence-corrected chi connectivity index (χ4v) is 4.13. The topological polar surface area (TPSA) is 85.0 Å². The second kappa shape index (κ2) is 8.79. The van der Waals surface area contributed by atoms with Crippen molar-refractivity contribution in [1.29, 1.82) is 0 Å². The molecule has 0 saturated carbocycles. The van der Waals surface area contributed by atoms with Gasteiger partial charge in [0.2, 0.25) is 0 Å². The molecule has 0 spiro atoms. The highest BCUT2D eigenvalue weighted by atomic mass is 35.5. The van der Waals surface area contributed by atoms with E-state index in [9.17, 15) is 4.79 Å². The second-order valence-electron chi connectivity index (χ2n) is 7.42. The lowest BCUT2D eigenvalue weighted by atomic mass is 9.97. The van der Waals surface area contributed by atoms with E-state index in [4.69, 9.17) is 17.3 Å². The highest BCUT2D eigenvalue weighted by molar-refractivity contribution is 6.34. The first-order chi connectivity index (χ1) is 14.6. The van der Waals surface area contributed by atoms with Crippen molar-refractivity contribution >= 4 is 23.3 Å². The summed E-state index contributed by atoms with van der Waals surface area (Å²) < 4.78 is 0. The summed E-state index contributed by atoms with van der Waals surface area (Å²) in [6.45, 7) is 3.63. The monoisotopic (exact) mass is 421 g/mol. The van der Waals surface area contributed by atoms with Crippen LogP contribution in [0.3, 0.4) is 0 Å². The molecule has 0 unspecified atom stereocenters. The minimum atomic E-state index is -0.00820. The number of carbonyl (C=O) groups excluding carboxylic acids is 1. The van der Waals surface area contributed by atoms with Crippen LogP contribution in [0.2, 0.25) is 5.02 Å². The van der Waals surface area contributed by atoms with E-state index in [1.807, 2.05) is 30.0 Å². The lowest BCUT2D eigenvalue weighted by molar-refractivity contribution is 0.0724. The summed E-state index contributed by atoms with van der Waals surface area (Å²) in [7, 11) is 0. The van der Waals surface area contributed by atoms with Crippen LogP contribution in [-0.4, -0.2) is 38.8 Å². The minimum absolute atomic E-state index is 0.00820. The number of aromatic nitrogens is 3. The Hall–Kier alpha value is -2.99. The molecule has 2 aromatic heterocycles. The average molecular weight is 422 g/mol. The number of anilines is 1. The van der Waals surface area contributed by atoms with E-state index < -0.39 is 0 Å². The molecule has 1 aliphatic heterocycles. The van der Waals surface area contributed by atoms with Gasteiger partial charge in [0.05, 0.1) is 22.0 Å². The molecule has 1 amide bonds. The van der Waals surface area contributed by atoms with Crippen LogP contribution in [0.4, 0.5) is 5.82 Å². The molecule has 7 heteroatoms. The molecule has 1 saturated heterocycles. The average Bonchev–Trinajstić information content (AvgIpc) is 2.79.